The molecule has 2 aliphatic carbocycles. The van der Waals surface area contributed by atoms with Crippen LogP contribution in [0, 0.1) is 5.92 Å². The lowest BCUT2D eigenvalue weighted by Crippen LogP contribution is -2.12. The van der Waals surface area contributed by atoms with Crippen LogP contribution in [0.2, 0.25) is 0 Å². The van der Waals surface area contributed by atoms with E-state index in [1.54, 1.807) is 10.7 Å². The summed E-state index contributed by atoms with van der Waals surface area (Å²) in [5.41, 5.74) is 1.36. The second-order valence-electron chi connectivity index (χ2n) is 5.01. The Bertz CT molecular complexity index is 417. The van der Waals surface area contributed by atoms with Crippen molar-refractivity contribution >= 4 is 5.97 Å². The first-order valence-corrected chi connectivity index (χ1v) is 6.05. The lowest BCUT2D eigenvalue weighted by Gasteiger charge is -2.22. The molecule has 1 aromatic rings. The standard InChI is InChI=1S/C12H16N2O2/c15-12(16)11-6-10(9-2-1-3-9)13-14(11)7-8-4-5-8/h6,8-9H,1-5,7H2,(H,15,16). The number of hydrogen-bond donors (Lipinski definition) is 1. The summed E-state index contributed by atoms with van der Waals surface area (Å²) >= 11 is 0. The normalized spacial score (nSPS) is 20.8. The minimum atomic E-state index is -0.848. The first-order valence-electron chi connectivity index (χ1n) is 6.05. The lowest BCUT2D eigenvalue weighted by atomic mass is 9.83. The van der Waals surface area contributed by atoms with Crippen molar-refractivity contribution in [1.29, 1.82) is 0 Å². The Labute approximate surface area is 94.3 Å². The molecule has 2 aliphatic rings. The summed E-state index contributed by atoms with van der Waals surface area (Å²) in [6.45, 7) is 0.786. The monoisotopic (exact) mass is 220 g/mol. The predicted octanol–water partition coefficient (Wildman–Crippen LogP) is 2.26. The molecular weight excluding hydrogens is 204 g/mol. The Morgan fingerprint density at radius 1 is 1.44 bits per heavy atom. The molecule has 0 amide bonds. The molecule has 1 aromatic heterocycles. The van der Waals surface area contributed by atoms with E-state index in [0.29, 0.717) is 17.5 Å². The summed E-state index contributed by atoms with van der Waals surface area (Å²) in [6.07, 6.45) is 6.02. The van der Waals surface area contributed by atoms with Crippen LogP contribution in [0.3, 0.4) is 0 Å². The number of hydrogen-bond acceptors (Lipinski definition) is 2. The van der Waals surface area contributed by atoms with Crippen LogP contribution in [0.5, 0.6) is 0 Å². The van der Waals surface area contributed by atoms with Crippen LogP contribution in [0.25, 0.3) is 0 Å². The van der Waals surface area contributed by atoms with Gasteiger partial charge in [-0.2, -0.15) is 5.10 Å². The molecule has 2 fully saturated rings. The van der Waals surface area contributed by atoms with E-state index in [2.05, 4.69) is 5.10 Å². The fraction of sp³-hybridized carbons (Fsp3) is 0.667. The number of carboxylic acid groups (broad SMARTS) is 1. The van der Waals surface area contributed by atoms with Crippen molar-refractivity contribution < 1.29 is 9.90 Å². The Morgan fingerprint density at radius 3 is 2.69 bits per heavy atom. The summed E-state index contributed by atoms with van der Waals surface area (Å²) in [5, 5.41) is 13.6. The number of rotatable bonds is 4. The fourth-order valence-corrected chi connectivity index (χ4v) is 2.20. The van der Waals surface area contributed by atoms with Crippen LogP contribution in [-0.2, 0) is 6.54 Å². The van der Waals surface area contributed by atoms with Gasteiger partial charge < -0.3 is 5.11 Å². The molecule has 1 N–H and O–H groups in total. The lowest BCUT2D eigenvalue weighted by molar-refractivity contribution is 0.0682. The first-order chi connectivity index (χ1) is 7.74. The fourth-order valence-electron chi connectivity index (χ4n) is 2.20. The van der Waals surface area contributed by atoms with Gasteiger partial charge in [0.25, 0.3) is 0 Å². The second-order valence-corrected chi connectivity index (χ2v) is 5.01. The van der Waals surface area contributed by atoms with Gasteiger partial charge in [-0.1, -0.05) is 6.42 Å². The van der Waals surface area contributed by atoms with Gasteiger partial charge in [0, 0.05) is 12.5 Å². The molecular formula is C12H16N2O2. The minimum absolute atomic E-state index is 0.369. The third-order valence-corrected chi connectivity index (χ3v) is 3.67. The Hall–Kier alpha value is -1.32. The Balaban J connectivity index is 1.86. The molecule has 0 aliphatic heterocycles. The van der Waals surface area contributed by atoms with E-state index in [1.807, 2.05) is 0 Å². The quantitative estimate of drug-likeness (QED) is 0.846. The minimum Gasteiger partial charge on any atom is -0.477 e. The average Bonchev–Trinajstić information content (AvgIpc) is 2.84. The van der Waals surface area contributed by atoms with Crippen molar-refractivity contribution in [2.75, 3.05) is 0 Å². The largest absolute Gasteiger partial charge is 0.477 e. The molecule has 86 valence electrons. The molecule has 0 atom stereocenters. The Kier molecular flexibility index (Phi) is 2.23. The number of nitrogens with zero attached hydrogens (tertiary/aromatic N) is 2. The van der Waals surface area contributed by atoms with E-state index < -0.39 is 5.97 Å². The van der Waals surface area contributed by atoms with E-state index in [0.717, 1.165) is 12.2 Å². The van der Waals surface area contributed by atoms with Crippen molar-refractivity contribution in [3.8, 4) is 0 Å². The van der Waals surface area contributed by atoms with Gasteiger partial charge in [-0.05, 0) is 37.7 Å². The highest BCUT2D eigenvalue weighted by atomic mass is 16.4. The number of aromatic carboxylic acids is 1. The van der Waals surface area contributed by atoms with Crippen molar-refractivity contribution in [2.24, 2.45) is 5.92 Å². The molecule has 1 heterocycles. The van der Waals surface area contributed by atoms with E-state index in [-0.39, 0.29) is 0 Å². The van der Waals surface area contributed by atoms with Gasteiger partial charge in [-0.3, -0.25) is 4.68 Å². The predicted molar refractivity (Wildman–Crippen MR) is 58.5 cm³/mol. The molecule has 0 bridgehead atoms. The smallest absolute Gasteiger partial charge is 0.354 e. The number of carbonyl (C=O) groups is 1. The van der Waals surface area contributed by atoms with Crippen molar-refractivity contribution in [2.45, 2.75) is 44.6 Å². The van der Waals surface area contributed by atoms with Gasteiger partial charge in [0.1, 0.15) is 5.69 Å². The zero-order valence-electron chi connectivity index (χ0n) is 9.22. The van der Waals surface area contributed by atoms with Gasteiger partial charge in [0.05, 0.1) is 5.69 Å². The van der Waals surface area contributed by atoms with E-state index in [9.17, 15) is 4.79 Å². The van der Waals surface area contributed by atoms with Crippen LogP contribution in [0.4, 0.5) is 0 Å². The maximum atomic E-state index is 11.1. The van der Waals surface area contributed by atoms with Gasteiger partial charge in [-0.25, -0.2) is 4.79 Å². The molecule has 0 radical (unpaired) electrons. The van der Waals surface area contributed by atoms with Crippen molar-refractivity contribution in [3.05, 3.63) is 17.5 Å². The molecule has 16 heavy (non-hydrogen) atoms. The van der Waals surface area contributed by atoms with Crippen molar-refractivity contribution in [3.63, 3.8) is 0 Å². The SMILES string of the molecule is O=C(O)c1cc(C2CCC2)nn1CC1CC1. The van der Waals surface area contributed by atoms with Crippen LogP contribution in [0.1, 0.15) is 54.2 Å². The first kappa shape index (κ1) is 9.87. The highest BCUT2D eigenvalue weighted by Gasteiger charge is 2.28. The molecule has 0 unspecified atom stereocenters. The summed E-state index contributed by atoms with van der Waals surface area (Å²) in [6, 6.07) is 1.77. The molecule has 0 aromatic carbocycles. The van der Waals surface area contributed by atoms with Gasteiger partial charge in [0.2, 0.25) is 0 Å². The van der Waals surface area contributed by atoms with Crippen LogP contribution < -0.4 is 0 Å². The van der Waals surface area contributed by atoms with E-state index in [1.165, 1.54) is 32.1 Å². The maximum Gasteiger partial charge on any atom is 0.354 e. The summed E-state index contributed by atoms with van der Waals surface area (Å²) in [4.78, 5) is 11.1. The Morgan fingerprint density at radius 2 is 2.19 bits per heavy atom. The molecule has 2 saturated carbocycles. The average molecular weight is 220 g/mol. The molecule has 4 heteroatoms. The highest BCUT2D eigenvalue weighted by molar-refractivity contribution is 5.85. The van der Waals surface area contributed by atoms with E-state index in [4.69, 9.17) is 5.11 Å². The summed E-state index contributed by atoms with van der Waals surface area (Å²) in [7, 11) is 0. The van der Waals surface area contributed by atoms with Crippen molar-refractivity contribution in [1.82, 2.24) is 9.78 Å². The topological polar surface area (TPSA) is 55.1 Å². The number of aromatic nitrogens is 2. The third-order valence-electron chi connectivity index (χ3n) is 3.67. The molecule has 0 spiro atoms. The van der Waals surface area contributed by atoms with Gasteiger partial charge >= 0.3 is 5.97 Å². The molecule has 4 nitrogen and oxygen atoms in total. The van der Waals surface area contributed by atoms with Crippen LogP contribution in [0.15, 0.2) is 6.07 Å². The summed E-state index contributed by atoms with van der Waals surface area (Å²) < 4.78 is 1.70. The zero-order chi connectivity index (χ0) is 11.1. The van der Waals surface area contributed by atoms with Gasteiger partial charge in [0.15, 0.2) is 0 Å². The highest BCUT2D eigenvalue weighted by Crippen LogP contribution is 2.36. The molecule has 3 rings (SSSR count). The van der Waals surface area contributed by atoms with Gasteiger partial charge in [-0.15, -0.1) is 0 Å². The maximum absolute atomic E-state index is 11.1. The third kappa shape index (κ3) is 1.72. The summed E-state index contributed by atoms with van der Waals surface area (Å²) in [5.74, 6) is 0.324. The second kappa shape index (κ2) is 3.61. The van der Waals surface area contributed by atoms with Crippen LogP contribution in [-0.4, -0.2) is 20.9 Å². The van der Waals surface area contributed by atoms with E-state index >= 15 is 0 Å². The zero-order valence-corrected chi connectivity index (χ0v) is 9.22. The number of carboxylic acids is 1. The molecule has 0 saturated heterocycles. The van der Waals surface area contributed by atoms with Crippen LogP contribution >= 0.6 is 0 Å².